The Morgan fingerprint density at radius 3 is 2.38 bits per heavy atom. The predicted molar refractivity (Wildman–Crippen MR) is 93.0 cm³/mol. The molecule has 0 spiro atoms. The molecule has 0 saturated carbocycles. The first-order chi connectivity index (χ1) is 11.5. The van der Waals surface area contributed by atoms with Gasteiger partial charge >= 0.3 is 0 Å². The number of carbonyl (C=O) groups excluding carboxylic acids is 1. The van der Waals surface area contributed by atoms with Gasteiger partial charge in [0.05, 0.1) is 21.4 Å². The topological polar surface area (TPSA) is 46.9 Å². The number of halogens is 3. The van der Waals surface area contributed by atoms with Gasteiger partial charge in [0.25, 0.3) is 5.91 Å². The molecule has 24 heavy (non-hydrogen) atoms. The summed E-state index contributed by atoms with van der Waals surface area (Å²) in [5, 5.41) is 7.52. The molecule has 4 nitrogen and oxygen atoms in total. The summed E-state index contributed by atoms with van der Waals surface area (Å²) in [6, 6.07) is 12.5. The van der Waals surface area contributed by atoms with E-state index >= 15 is 0 Å². The van der Waals surface area contributed by atoms with E-state index < -0.39 is 5.91 Å². The third-order valence-corrected chi connectivity index (χ3v) is 4.08. The van der Waals surface area contributed by atoms with Gasteiger partial charge in [-0.15, -0.1) is 0 Å². The second kappa shape index (κ2) is 6.63. The molecule has 0 unspecified atom stereocenters. The zero-order chi connectivity index (χ0) is 17.3. The molecular weight excluding hydrogens is 352 g/mol. The van der Waals surface area contributed by atoms with Crippen LogP contribution in [0.1, 0.15) is 10.5 Å². The first kappa shape index (κ1) is 16.5. The Morgan fingerprint density at radius 1 is 1.12 bits per heavy atom. The molecule has 1 amide bonds. The van der Waals surface area contributed by atoms with Crippen molar-refractivity contribution in [1.29, 1.82) is 0 Å². The van der Waals surface area contributed by atoms with Gasteiger partial charge in [-0.05, 0) is 48.0 Å². The Hall–Kier alpha value is -2.37. The van der Waals surface area contributed by atoms with Gasteiger partial charge in [-0.3, -0.25) is 9.48 Å². The number of aryl methyl sites for hydroxylation is 1. The predicted octanol–water partition coefficient (Wildman–Crippen LogP) is 4.79. The number of nitrogens with one attached hydrogen (secondary N) is 1. The van der Waals surface area contributed by atoms with Crippen molar-refractivity contribution in [2.75, 3.05) is 5.32 Å². The molecule has 0 aliphatic rings. The first-order valence-electron chi connectivity index (χ1n) is 7.01. The zero-order valence-corrected chi connectivity index (χ0v) is 14.1. The van der Waals surface area contributed by atoms with E-state index in [9.17, 15) is 9.18 Å². The maximum absolute atomic E-state index is 13.0. The highest BCUT2D eigenvalue weighted by Gasteiger charge is 2.16. The van der Waals surface area contributed by atoms with E-state index in [2.05, 4.69) is 10.4 Å². The van der Waals surface area contributed by atoms with E-state index in [0.29, 0.717) is 21.4 Å². The molecule has 3 aromatic rings. The van der Waals surface area contributed by atoms with Crippen LogP contribution in [0.3, 0.4) is 0 Å². The standard InChI is InChI=1S/C17H12Cl2FN3O/c1-23-15(10-5-7-11(20)8-6-10)9-14(22-23)17(24)21-16-12(18)3-2-4-13(16)19/h2-9H,1H3,(H,21,24). The SMILES string of the molecule is Cn1nc(C(=O)Nc2c(Cl)cccc2Cl)cc1-c1ccc(F)cc1. The summed E-state index contributed by atoms with van der Waals surface area (Å²) in [6.45, 7) is 0. The van der Waals surface area contributed by atoms with Crippen LogP contribution < -0.4 is 5.32 Å². The normalized spacial score (nSPS) is 10.7. The molecule has 0 aliphatic heterocycles. The fourth-order valence-electron chi connectivity index (χ4n) is 2.26. The highest BCUT2D eigenvalue weighted by atomic mass is 35.5. The van der Waals surface area contributed by atoms with Gasteiger partial charge in [0.15, 0.2) is 5.69 Å². The molecule has 0 saturated heterocycles. The number of para-hydroxylation sites is 1. The van der Waals surface area contributed by atoms with Crippen molar-refractivity contribution in [3.63, 3.8) is 0 Å². The minimum absolute atomic E-state index is 0.202. The van der Waals surface area contributed by atoms with Crippen molar-refractivity contribution in [3.05, 3.63) is 70.1 Å². The Morgan fingerprint density at radius 2 is 1.75 bits per heavy atom. The third kappa shape index (κ3) is 3.27. The van der Waals surface area contributed by atoms with Gasteiger partial charge in [-0.25, -0.2) is 4.39 Å². The minimum atomic E-state index is -0.436. The Kier molecular flexibility index (Phi) is 4.55. The van der Waals surface area contributed by atoms with Crippen LogP contribution in [-0.4, -0.2) is 15.7 Å². The number of hydrogen-bond acceptors (Lipinski definition) is 2. The van der Waals surface area contributed by atoms with Crippen LogP contribution >= 0.6 is 23.2 Å². The molecule has 1 N–H and O–H groups in total. The molecular formula is C17H12Cl2FN3O. The van der Waals surface area contributed by atoms with E-state index in [1.165, 1.54) is 12.1 Å². The van der Waals surface area contributed by atoms with Crippen LogP contribution in [0.25, 0.3) is 11.3 Å². The molecule has 0 radical (unpaired) electrons. The average Bonchev–Trinajstić information content (AvgIpc) is 2.94. The summed E-state index contributed by atoms with van der Waals surface area (Å²) in [5.41, 5.74) is 1.97. The summed E-state index contributed by atoms with van der Waals surface area (Å²) >= 11 is 12.1. The van der Waals surface area contributed by atoms with Gasteiger partial charge < -0.3 is 5.32 Å². The molecule has 2 aromatic carbocycles. The van der Waals surface area contributed by atoms with E-state index in [0.717, 1.165) is 5.56 Å². The summed E-state index contributed by atoms with van der Waals surface area (Å²) in [5.74, 6) is -0.763. The van der Waals surface area contributed by atoms with Crippen molar-refractivity contribution in [1.82, 2.24) is 9.78 Å². The van der Waals surface area contributed by atoms with Crippen molar-refractivity contribution < 1.29 is 9.18 Å². The maximum atomic E-state index is 13.0. The second-order valence-electron chi connectivity index (χ2n) is 5.10. The summed E-state index contributed by atoms with van der Waals surface area (Å²) in [4.78, 5) is 12.4. The summed E-state index contributed by atoms with van der Waals surface area (Å²) < 4.78 is 14.6. The molecule has 7 heteroatoms. The lowest BCUT2D eigenvalue weighted by Crippen LogP contribution is -2.13. The number of rotatable bonds is 3. The number of hydrogen-bond donors (Lipinski definition) is 1. The molecule has 0 atom stereocenters. The van der Waals surface area contributed by atoms with E-state index in [4.69, 9.17) is 23.2 Å². The van der Waals surface area contributed by atoms with Crippen LogP contribution in [0.5, 0.6) is 0 Å². The molecule has 0 aliphatic carbocycles. The van der Waals surface area contributed by atoms with Crippen LogP contribution in [-0.2, 0) is 7.05 Å². The quantitative estimate of drug-likeness (QED) is 0.727. The smallest absolute Gasteiger partial charge is 0.276 e. The van der Waals surface area contributed by atoms with E-state index in [-0.39, 0.29) is 11.5 Å². The maximum Gasteiger partial charge on any atom is 0.276 e. The van der Waals surface area contributed by atoms with E-state index in [1.807, 2.05) is 0 Å². The number of aromatic nitrogens is 2. The first-order valence-corrected chi connectivity index (χ1v) is 7.76. The van der Waals surface area contributed by atoms with Crippen molar-refractivity contribution in [2.24, 2.45) is 7.05 Å². The Balaban J connectivity index is 1.89. The minimum Gasteiger partial charge on any atom is -0.318 e. The number of carbonyl (C=O) groups is 1. The summed E-state index contributed by atoms with van der Waals surface area (Å²) in [6.07, 6.45) is 0. The van der Waals surface area contributed by atoms with Crippen molar-refractivity contribution in [3.8, 4) is 11.3 Å². The number of nitrogens with zero attached hydrogens (tertiary/aromatic N) is 2. The van der Waals surface area contributed by atoms with E-state index in [1.54, 1.807) is 48.1 Å². The monoisotopic (exact) mass is 363 g/mol. The Labute approximate surface area is 147 Å². The number of amides is 1. The molecule has 1 heterocycles. The van der Waals surface area contributed by atoms with Crippen LogP contribution in [0, 0.1) is 5.82 Å². The fraction of sp³-hybridized carbons (Fsp3) is 0.0588. The fourth-order valence-corrected chi connectivity index (χ4v) is 2.76. The van der Waals surface area contributed by atoms with Gasteiger partial charge in [0.2, 0.25) is 0 Å². The number of anilines is 1. The van der Waals surface area contributed by atoms with Gasteiger partial charge in [-0.2, -0.15) is 5.10 Å². The highest BCUT2D eigenvalue weighted by Crippen LogP contribution is 2.30. The number of benzene rings is 2. The zero-order valence-electron chi connectivity index (χ0n) is 12.6. The van der Waals surface area contributed by atoms with Gasteiger partial charge in [-0.1, -0.05) is 29.3 Å². The third-order valence-electron chi connectivity index (χ3n) is 3.45. The summed E-state index contributed by atoms with van der Waals surface area (Å²) in [7, 11) is 1.71. The average molecular weight is 364 g/mol. The molecule has 3 rings (SSSR count). The van der Waals surface area contributed by atoms with Crippen LogP contribution in [0.2, 0.25) is 10.0 Å². The van der Waals surface area contributed by atoms with Crippen molar-refractivity contribution in [2.45, 2.75) is 0 Å². The highest BCUT2D eigenvalue weighted by molar-refractivity contribution is 6.40. The lowest BCUT2D eigenvalue weighted by atomic mass is 10.1. The van der Waals surface area contributed by atoms with Crippen molar-refractivity contribution >= 4 is 34.8 Å². The van der Waals surface area contributed by atoms with Gasteiger partial charge in [0.1, 0.15) is 5.82 Å². The molecule has 0 bridgehead atoms. The van der Waals surface area contributed by atoms with Gasteiger partial charge in [0, 0.05) is 7.05 Å². The lowest BCUT2D eigenvalue weighted by Gasteiger charge is -2.07. The van der Waals surface area contributed by atoms with Crippen LogP contribution in [0.15, 0.2) is 48.5 Å². The largest absolute Gasteiger partial charge is 0.318 e. The molecule has 1 aromatic heterocycles. The Bertz CT molecular complexity index is 886. The second-order valence-corrected chi connectivity index (χ2v) is 5.91. The molecule has 0 fully saturated rings. The van der Waals surface area contributed by atoms with Crippen LogP contribution in [0.4, 0.5) is 10.1 Å². The molecule has 122 valence electrons. The lowest BCUT2D eigenvalue weighted by molar-refractivity contribution is 0.102.